The van der Waals surface area contributed by atoms with E-state index in [0.29, 0.717) is 18.0 Å². The van der Waals surface area contributed by atoms with E-state index >= 15 is 0 Å². The van der Waals surface area contributed by atoms with E-state index in [2.05, 4.69) is 15.3 Å². The average Bonchev–Trinajstić information content (AvgIpc) is 2.90. The number of nitrogens with zero attached hydrogens (tertiary/aromatic N) is 1. The van der Waals surface area contributed by atoms with Crippen LogP contribution in [0.1, 0.15) is 17.0 Å². The molecule has 1 aromatic carbocycles. The van der Waals surface area contributed by atoms with Crippen LogP contribution in [0.3, 0.4) is 0 Å². The van der Waals surface area contributed by atoms with Crippen LogP contribution in [0, 0.1) is 0 Å². The number of rotatable bonds is 5. The van der Waals surface area contributed by atoms with Crippen LogP contribution >= 0.6 is 12.2 Å². The fourth-order valence-corrected chi connectivity index (χ4v) is 1.75. The Kier molecular flexibility index (Phi) is 4.25. The van der Waals surface area contributed by atoms with Crippen LogP contribution in [0.15, 0.2) is 36.7 Å². The van der Waals surface area contributed by atoms with E-state index in [1.807, 2.05) is 24.3 Å². The van der Waals surface area contributed by atoms with Crippen LogP contribution in [0.25, 0.3) is 0 Å². The topological polar surface area (TPSA) is 83.8 Å². The highest BCUT2D eigenvalue weighted by Crippen LogP contribution is 2.05. The molecule has 0 atom stereocenters. The highest BCUT2D eigenvalue weighted by atomic mass is 32.1. The molecular weight excluding hydrogens is 260 g/mol. The molecule has 0 aliphatic carbocycles. The zero-order chi connectivity index (χ0) is 13.7. The number of aromatic amines is 1. The van der Waals surface area contributed by atoms with Crippen LogP contribution < -0.4 is 11.1 Å². The Labute approximate surface area is 116 Å². The van der Waals surface area contributed by atoms with E-state index in [1.54, 1.807) is 12.4 Å². The minimum absolute atomic E-state index is 0.0560. The summed E-state index contributed by atoms with van der Waals surface area (Å²) in [6, 6.07) is 7.33. The Morgan fingerprint density at radius 1 is 1.37 bits per heavy atom. The SMILES string of the molecule is NC(=S)c1ccc(CC(=O)NCc2ncc[nH]2)cc1. The van der Waals surface area contributed by atoms with Crippen molar-refractivity contribution in [2.24, 2.45) is 5.73 Å². The monoisotopic (exact) mass is 274 g/mol. The average molecular weight is 274 g/mol. The lowest BCUT2D eigenvalue weighted by Crippen LogP contribution is -2.25. The second-order valence-corrected chi connectivity index (χ2v) is 4.49. The van der Waals surface area contributed by atoms with Crippen molar-refractivity contribution in [2.75, 3.05) is 0 Å². The Hall–Kier alpha value is -2.21. The molecule has 0 unspecified atom stereocenters. The van der Waals surface area contributed by atoms with Gasteiger partial charge in [0.2, 0.25) is 5.91 Å². The lowest BCUT2D eigenvalue weighted by atomic mass is 10.1. The Bertz CT molecular complexity index is 563. The molecule has 1 aromatic heterocycles. The summed E-state index contributed by atoms with van der Waals surface area (Å²) < 4.78 is 0. The summed E-state index contributed by atoms with van der Waals surface area (Å²) >= 11 is 4.87. The van der Waals surface area contributed by atoms with Gasteiger partial charge in [-0.05, 0) is 5.56 Å². The molecule has 0 bridgehead atoms. The van der Waals surface area contributed by atoms with E-state index in [-0.39, 0.29) is 5.91 Å². The fourth-order valence-electron chi connectivity index (χ4n) is 1.61. The molecular formula is C13H14N4OS. The molecule has 1 heterocycles. The summed E-state index contributed by atoms with van der Waals surface area (Å²) in [4.78, 5) is 19.0. The minimum Gasteiger partial charge on any atom is -0.389 e. The van der Waals surface area contributed by atoms with Crippen molar-refractivity contribution in [3.05, 3.63) is 53.6 Å². The predicted molar refractivity (Wildman–Crippen MR) is 76.5 cm³/mol. The maximum Gasteiger partial charge on any atom is 0.224 e. The highest BCUT2D eigenvalue weighted by Gasteiger charge is 2.04. The van der Waals surface area contributed by atoms with Crippen LogP contribution in [0.5, 0.6) is 0 Å². The molecule has 2 rings (SSSR count). The molecule has 0 radical (unpaired) electrons. The number of amides is 1. The zero-order valence-electron chi connectivity index (χ0n) is 10.2. The third-order valence-electron chi connectivity index (χ3n) is 2.61. The molecule has 98 valence electrons. The minimum atomic E-state index is -0.0560. The summed E-state index contributed by atoms with van der Waals surface area (Å²) in [6.07, 6.45) is 3.68. The van der Waals surface area contributed by atoms with Gasteiger partial charge in [-0.15, -0.1) is 0 Å². The second kappa shape index (κ2) is 6.10. The molecule has 0 saturated carbocycles. The van der Waals surface area contributed by atoms with Crippen LogP contribution in [-0.4, -0.2) is 20.9 Å². The summed E-state index contributed by atoms with van der Waals surface area (Å²) in [5.74, 6) is 0.677. The van der Waals surface area contributed by atoms with Gasteiger partial charge in [0.1, 0.15) is 10.8 Å². The van der Waals surface area contributed by atoms with Crippen molar-refractivity contribution in [2.45, 2.75) is 13.0 Å². The summed E-state index contributed by atoms with van der Waals surface area (Å²) in [7, 11) is 0. The van der Waals surface area contributed by atoms with Gasteiger partial charge in [-0.1, -0.05) is 36.5 Å². The van der Waals surface area contributed by atoms with Gasteiger partial charge in [0.05, 0.1) is 13.0 Å². The van der Waals surface area contributed by atoms with Crippen molar-refractivity contribution in [3.8, 4) is 0 Å². The van der Waals surface area contributed by atoms with Crippen molar-refractivity contribution < 1.29 is 4.79 Å². The number of imidazole rings is 1. The lowest BCUT2D eigenvalue weighted by Gasteiger charge is -2.04. The largest absolute Gasteiger partial charge is 0.389 e. The number of hydrogen-bond acceptors (Lipinski definition) is 3. The normalized spacial score (nSPS) is 10.1. The molecule has 0 fully saturated rings. The quantitative estimate of drug-likeness (QED) is 0.707. The van der Waals surface area contributed by atoms with Crippen molar-refractivity contribution in [1.29, 1.82) is 0 Å². The summed E-state index contributed by atoms with van der Waals surface area (Å²) in [5, 5.41) is 2.79. The number of nitrogens with two attached hydrogens (primary N) is 1. The van der Waals surface area contributed by atoms with Crippen LogP contribution in [0.4, 0.5) is 0 Å². The molecule has 0 saturated heterocycles. The van der Waals surface area contributed by atoms with Gasteiger partial charge in [0.15, 0.2) is 0 Å². The zero-order valence-corrected chi connectivity index (χ0v) is 11.0. The fraction of sp³-hybridized carbons (Fsp3) is 0.154. The molecule has 0 aliphatic rings. The molecule has 1 amide bonds. The number of carbonyl (C=O) groups excluding carboxylic acids is 1. The van der Waals surface area contributed by atoms with E-state index in [9.17, 15) is 4.79 Å². The molecule has 0 aliphatic heterocycles. The van der Waals surface area contributed by atoms with E-state index in [4.69, 9.17) is 18.0 Å². The number of carbonyl (C=O) groups is 1. The van der Waals surface area contributed by atoms with Gasteiger partial charge >= 0.3 is 0 Å². The predicted octanol–water partition coefficient (Wildman–Crippen LogP) is 0.903. The molecule has 6 heteroatoms. The molecule has 19 heavy (non-hydrogen) atoms. The number of nitrogens with one attached hydrogen (secondary N) is 2. The maximum absolute atomic E-state index is 11.7. The molecule has 4 N–H and O–H groups in total. The third kappa shape index (κ3) is 3.89. The first-order chi connectivity index (χ1) is 9.15. The van der Waals surface area contributed by atoms with Crippen molar-refractivity contribution in [3.63, 3.8) is 0 Å². The number of hydrogen-bond donors (Lipinski definition) is 3. The molecule has 2 aromatic rings. The summed E-state index contributed by atoms with van der Waals surface area (Å²) in [5.41, 5.74) is 7.22. The van der Waals surface area contributed by atoms with E-state index in [1.165, 1.54) is 0 Å². The molecule has 0 spiro atoms. The van der Waals surface area contributed by atoms with Gasteiger partial charge in [-0.2, -0.15) is 0 Å². The van der Waals surface area contributed by atoms with E-state index < -0.39 is 0 Å². The van der Waals surface area contributed by atoms with Crippen molar-refractivity contribution >= 4 is 23.1 Å². The third-order valence-corrected chi connectivity index (χ3v) is 2.85. The molecule has 5 nitrogen and oxygen atoms in total. The number of H-pyrrole nitrogens is 1. The Morgan fingerprint density at radius 3 is 2.68 bits per heavy atom. The van der Waals surface area contributed by atoms with Gasteiger partial charge in [0, 0.05) is 18.0 Å². The van der Waals surface area contributed by atoms with Gasteiger partial charge in [-0.3, -0.25) is 4.79 Å². The van der Waals surface area contributed by atoms with Gasteiger partial charge in [-0.25, -0.2) is 4.98 Å². The van der Waals surface area contributed by atoms with Crippen molar-refractivity contribution in [1.82, 2.24) is 15.3 Å². The highest BCUT2D eigenvalue weighted by molar-refractivity contribution is 7.80. The number of benzene rings is 1. The standard InChI is InChI=1S/C13H14N4OS/c14-13(19)10-3-1-9(2-4-10)7-12(18)17-8-11-15-5-6-16-11/h1-6H,7-8H2,(H2,14,19)(H,15,16)(H,17,18). The van der Waals surface area contributed by atoms with E-state index in [0.717, 1.165) is 17.0 Å². The lowest BCUT2D eigenvalue weighted by molar-refractivity contribution is -0.120. The number of thiocarbonyl (C=S) groups is 1. The van der Waals surface area contributed by atoms with Gasteiger partial charge < -0.3 is 16.0 Å². The smallest absolute Gasteiger partial charge is 0.224 e. The Balaban J connectivity index is 1.86. The first-order valence-electron chi connectivity index (χ1n) is 5.79. The second-order valence-electron chi connectivity index (χ2n) is 4.05. The number of aromatic nitrogens is 2. The first kappa shape index (κ1) is 13.2. The Morgan fingerprint density at radius 2 is 2.11 bits per heavy atom. The first-order valence-corrected chi connectivity index (χ1v) is 6.19. The van der Waals surface area contributed by atoms with Crippen LogP contribution in [-0.2, 0) is 17.8 Å². The van der Waals surface area contributed by atoms with Gasteiger partial charge in [0.25, 0.3) is 0 Å². The maximum atomic E-state index is 11.7. The summed E-state index contributed by atoms with van der Waals surface area (Å²) in [6.45, 7) is 0.400. The van der Waals surface area contributed by atoms with Crippen LogP contribution in [0.2, 0.25) is 0 Å².